The highest BCUT2D eigenvalue weighted by atomic mass is 14.9. The van der Waals surface area contributed by atoms with Gasteiger partial charge in [0.25, 0.3) is 0 Å². The van der Waals surface area contributed by atoms with Crippen LogP contribution in [0.4, 0.5) is 0 Å². The lowest BCUT2D eigenvalue weighted by Gasteiger charge is -2.60. The van der Waals surface area contributed by atoms with Crippen LogP contribution in [0.15, 0.2) is 11.6 Å². The Balaban J connectivity index is 1.72. The summed E-state index contributed by atoms with van der Waals surface area (Å²) in [6, 6.07) is 0. The van der Waals surface area contributed by atoms with Crippen molar-refractivity contribution in [2.45, 2.75) is 70.6 Å². The van der Waals surface area contributed by atoms with Gasteiger partial charge in [-0.15, -0.1) is 0 Å². The summed E-state index contributed by atoms with van der Waals surface area (Å²) >= 11 is 0. The quantitative estimate of drug-likeness (QED) is 0.727. The van der Waals surface area contributed by atoms with Crippen LogP contribution in [-0.4, -0.2) is 13.6 Å². The largest absolute Gasteiger partial charge is 0.319 e. The zero-order chi connectivity index (χ0) is 12.5. The highest BCUT2D eigenvalue weighted by Crippen LogP contribution is 2.64. The van der Waals surface area contributed by atoms with E-state index in [-0.39, 0.29) is 0 Å². The Morgan fingerprint density at radius 2 is 1.83 bits per heavy atom. The summed E-state index contributed by atoms with van der Waals surface area (Å²) in [5.41, 5.74) is 3.14. The maximum absolute atomic E-state index is 3.49. The molecule has 1 N–H and O–H groups in total. The van der Waals surface area contributed by atoms with Gasteiger partial charge < -0.3 is 5.32 Å². The molecule has 0 aliphatic heterocycles. The van der Waals surface area contributed by atoms with E-state index in [1.54, 1.807) is 0 Å². The van der Waals surface area contributed by atoms with E-state index < -0.39 is 0 Å². The molecule has 3 rings (SSSR count). The molecule has 0 heterocycles. The first-order valence-corrected chi connectivity index (χ1v) is 8.13. The van der Waals surface area contributed by atoms with Gasteiger partial charge in [0.2, 0.25) is 0 Å². The summed E-state index contributed by atoms with van der Waals surface area (Å²) < 4.78 is 0. The van der Waals surface area contributed by atoms with Crippen molar-refractivity contribution in [1.29, 1.82) is 0 Å². The van der Waals surface area contributed by atoms with Crippen LogP contribution < -0.4 is 5.32 Å². The molecule has 102 valence electrons. The molecule has 2 saturated carbocycles. The average Bonchev–Trinajstić information content (AvgIpc) is 2.39. The molecular weight excluding hydrogens is 218 g/mol. The number of rotatable bonds is 3. The first-order valence-electron chi connectivity index (χ1n) is 8.13. The molecular formula is C17H29N. The fraction of sp³-hybridized carbons (Fsp3) is 0.882. The summed E-state index contributed by atoms with van der Waals surface area (Å²) in [7, 11) is 2.14. The molecule has 0 unspecified atom stereocenters. The van der Waals surface area contributed by atoms with Gasteiger partial charge in [-0.1, -0.05) is 30.9 Å². The summed E-state index contributed by atoms with van der Waals surface area (Å²) in [5, 5.41) is 3.49. The lowest BCUT2D eigenvalue weighted by molar-refractivity contribution is -0.0427. The minimum absolute atomic E-state index is 0.562. The first kappa shape index (κ1) is 12.7. The Hall–Kier alpha value is -0.300. The standard InChI is InChI=1S/C17H29N/c1-18-14-17(15-8-4-2-5-9-15)12-16(13-17)10-6-3-7-11-16/h8,18H,2-7,9-14H2,1H3. The second kappa shape index (κ2) is 5.00. The third kappa shape index (κ3) is 2.15. The van der Waals surface area contributed by atoms with Gasteiger partial charge >= 0.3 is 0 Å². The molecule has 1 nitrogen and oxygen atoms in total. The van der Waals surface area contributed by atoms with Gasteiger partial charge in [0.05, 0.1) is 0 Å². The Morgan fingerprint density at radius 1 is 1.06 bits per heavy atom. The molecule has 1 spiro atoms. The summed E-state index contributed by atoms with van der Waals surface area (Å²) in [6.07, 6.45) is 18.7. The molecule has 0 aromatic rings. The molecule has 0 radical (unpaired) electrons. The van der Waals surface area contributed by atoms with E-state index in [2.05, 4.69) is 18.4 Å². The van der Waals surface area contributed by atoms with Crippen molar-refractivity contribution in [1.82, 2.24) is 5.32 Å². The monoisotopic (exact) mass is 247 g/mol. The van der Waals surface area contributed by atoms with Crippen LogP contribution >= 0.6 is 0 Å². The fourth-order valence-corrected chi connectivity index (χ4v) is 5.16. The molecule has 0 amide bonds. The highest BCUT2D eigenvalue weighted by molar-refractivity contribution is 5.25. The van der Waals surface area contributed by atoms with E-state index in [4.69, 9.17) is 0 Å². The first-order chi connectivity index (χ1) is 8.79. The third-order valence-corrected chi connectivity index (χ3v) is 5.83. The van der Waals surface area contributed by atoms with Crippen molar-refractivity contribution in [2.75, 3.05) is 13.6 Å². The van der Waals surface area contributed by atoms with Crippen LogP contribution in [0.2, 0.25) is 0 Å². The molecule has 0 aromatic heterocycles. The third-order valence-electron chi connectivity index (χ3n) is 5.83. The second-order valence-corrected chi connectivity index (χ2v) is 7.20. The SMILES string of the molecule is CNCC1(C2=CCCCC2)CC2(CCCCC2)C1. The average molecular weight is 247 g/mol. The van der Waals surface area contributed by atoms with Crippen LogP contribution in [0, 0.1) is 10.8 Å². The second-order valence-electron chi connectivity index (χ2n) is 7.20. The summed E-state index contributed by atoms with van der Waals surface area (Å²) in [6.45, 7) is 1.22. The Labute approximate surface area is 112 Å². The molecule has 0 bridgehead atoms. The lowest BCUT2D eigenvalue weighted by atomic mass is 9.46. The number of nitrogens with one attached hydrogen (secondary N) is 1. The van der Waals surface area contributed by atoms with Crippen molar-refractivity contribution in [2.24, 2.45) is 10.8 Å². The van der Waals surface area contributed by atoms with Crippen molar-refractivity contribution < 1.29 is 0 Å². The zero-order valence-electron chi connectivity index (χ0n) is 12.1. The fourth-order valence-electron chi connectivity index (χ4n) is 5.16. The van der Waals surface area contributed by atoms with Gasteiger partial charge in [0.15, 0.2) is 0 Å². The van der Waals surface area contributed by atoms with Crippen LogP contribution in [0.3, 0.4) is 0 Å². The van der Waals surface area contributed by atoms with Crippen molar-refractivity contribution in [3.63, 3.8) is 0 Å². The summed E-state index contributed by atoms with van der Waals surface area (Å²) in [4.78, 5) is 0. The smallest absolute Gasteiger partial charge is 0.00471 e. The van der Waals surface area contributed by atoms with Crippen molar-refractivity contribution >= 4 is 0 Å². The van der Waals surface area contributed by atoms with E-state index in [0.29, 0.717) is 5.41 Å². The van der Waals surface area contributed by atoms with Crippen LogP contribution in [0.5, 0.6) is 0 Å². The number of hydrogen-bond donors (Lipinski definition) is 1. The van der Waals surface area contributed by atoms with Crippen LogP contribution in [0.25, 0.3) is 0 Å². The van der Waals surface area contributed by atoms with Crippen LogP contribution in [0.1, 0.15) is 70.6 Å². The zero-order valence-corrected chi connectivity index (χ0v) is 12.1. The lowest BCUT2D eigenvalue weighted by Crippen LogP contribution is -2.53. The molecule has 3 aliphatic carbocycles. The minimum atomic E-state index is 0.562. The maximum atomic E-state index is 3.49. The van der Waals surface area contributed by atoms with Gasteiger partial charge in [-0.25, -0.2) is 0 Å². The Bertz CT molecular complexity index is 315. The topological polar surface area (TPSA) is 12.0 Å². The van der Waals surface area contributed by atoms with E-state index >= 15 is 0 Å². The van der Waals surface area contributed by atoms with Crippen LogP contribution in [-0.2, 0) is 0 Å². The molecule has 0 atom stereocenters. The predicted octanol–water partition coefficient (Wildman–Crippen LogP) is 4.44. The number of allylic oxidation sites excluding steroid dienone is 1. The summed E-state index contributed by atoms with van der Waals surface area (Å²) in [5.74, 6) is 0. The maximum Gasteiger partial charge on any atom is 0.00471 e. The molecule has 0 saturated heterocycles. The molecule has 2 fully saturated rings. The van der Waals surface area contributed by atoms with E-state index in [9.17, 15) is 0 Å². The molecule has 3 aliphatic rings. The normalized spacial score (nSPS) is 29.7. The number of hydrogen-bond acceptors (Lipinski definition) is 1. The minimum Gasteiger partial charge on any atom is -0.319 e. The Morgan fingerprint density at radius 3 is 2.44 bits per heavy atom. The van der Waals surface area contributed by atoms with Gasteiger partial charge in [-0.05, 0) is 63.8 Å². The highest BCUT2D eigenvalue weighted by Gasteiger charge is 2.55. The van der Waals surface area contributed by atoms with Crippen molar-refractivity contribution in [3.8, 4) is 0 Å². The van der Waals surface area contributed by atoms with Gasteiger partial charge in [-0.3, -0.25) is 0 Å². The molecule has 0 aromatic carbocycles. The predicted molar refractivity (Wildman–Crippen MR) is 77.7 cm³/mol. The van der Waals surface area contributed by atoms with Gasteiger partial charge in [0.1, 0.15) is 0 Å². The van der Waals surface area contributed by atoms with Gasteiger partial charge in [0, 0.05) is 12.0 Å². The van der Waals surface area contributed by atoms with Gasteiger partial charge in [-0.2, -0.15) is 0 Å². The van der Waals surface area contributed by atoms with E-state index in [0.717, 1.165) is 5.41 Å². The molecule has 1 heteroatoms. The van der Waals surface area contributed by atoms with E-state index in [1.165, 1.54) is 77.2 Å². The van der Waals surface area contributed by atoms with Crippen molar-refractivity contribution in [3.05, 3.63) is 11.6 Å². The molecule has 18 heavy (non-hydrogen) atoms. The van der Waals surface area contributed by atoms with E-state index in [1.807, 2.05) is 5.57 Å². The Kier molecular flexibility index (Phi) is 3.53.